The summed E-state index contributed by atoms with van der Waals surface area (Å²) in [5.41, 5.74) is 4.17. The highest BCUT2D eigenvalue weighted by atomic mass is 16.6. The highest BCUT2D eigenvalue weighted by Gasteiger charge is 2.36. The van der Waals surface area contributed by atoms with Crippen molar-refractivity contribution in [1.82, 2.24) is 15.1 Å². The van der Waals surface area contributed by atoms with E-state index in [4.69, 9.17) is 9.47 Å². The number of hydrogen-bond donors (Lipinski definition) is 1. The fourth-order valence-corrected chi connectivity index (χ4v) is 4.55. The molecule has 0 bridgehead atoms. The summed E-state index contributed by atoms with van der Waals surface area (Å²) in [5.74, 6) is 1.20. The van der Waals surface area contributed by atoms with E-state index in [1.165, 1.54) is 11.3 Å². The lowest BCUT2D eigenvalue weighted by Gasteiger charge is -2.36. The molecule has 0 radical (unpaired) electrons. The van der Waals surface area contributed by atoms with Gasteiger partial charge in [0, 0.05) is 16.8 Å². The molecule has 6 nitrogen and oxygen atoms in total. The van der Waals surface area contributed by atoms with Crippen LogP contribution < -0.4 is 14.8 Å². The second-order valence-electron chi connectivity index (χ2n) is 9.12. The summed E-state index contributed by atoms with van der Waals surface area (Å²) < 4.78 is 13.3. The van der Waals surface area contributed by atoms with Crippen LogP contribution in [-0.2, 0) is 13.0 Å². The predicted octanol–water partition coefficient (Wildman–Crippen LogP) is 4.15. The number of carbonyl (C=O) groups is 1. The first-order valence-electron chi connectivity index (χ1n) is 10.8. The standard InChI is InChI=1S/C25H27N3O3/c1-25(2)13-20(27-24(29)18-8-9-22-23(12-18)31-11-10-30-22)19-15-26-28(21(19)14-25)16-17-6-4-3-5-7-17/h3-9,12,15,20H,10-11,13-14,16H2,1-2H3,(H,27,29)/t20-/m0/s1. The second kappa shape index (κ2) is 7.76. The number of ether oxygens (including phenoxy) is 2. The van der Waals surface area contributed by atoms with E-state index in [1.807, 2.05) is 24.4 Å². The number of carbonyl (C=O) groups excluding carboxylic acids is 1. The molecule has 1 aliphatic carbocycles. The van der Waals surface area contributed by atoms with Crippen LogP contribution in [0, 0.1) is 5.41 Å². The van der Waals surface area contributed by atoms with Crippen molar-refractivity contribution >= 4 is 5.91 Å². The van der Waals surface area contributed by atoms with Crippen molar-refractivity contribution in [3.05, 3.63) is 77.1 Å². The summed E-state index contributed by atoms with van der Waals surface area (Å²) in [6.07, 6.45) is 3.72. The van der Waals surface area contributed by atoms with E-state index >= 15 is 0 Å². The summed E-state index contributed by atoms with van der Waals surface area (Å²) >= 11 is 0. The second-order valence-corrected chi connectivity index (χ2v) is 9.12. The third-order valence-corrected chi connectivity index (χ3v) is 6.04. The van der Waals surface area contributed by atoms with Crippen LogP contribution in [0.25, 0.3) is 0 Å². The lowest BCUT2D eigenvalue weighted by atomic mass is 9.74. The van der Waals surface area contributed by atoms with Crippen LogP contribution in [0.5, 0.6) is 11.5 Å². The number of fused-ring (bicyclic) bond motifs is 2. The maximum atomic E-state index is 13.1. The molecule has 2 aromatic carbocycles. The number of benzene rings is 2. The molecule has 1 atom stereocenters. The third-order valence-electron chi connectivity index (χ3n) is 6.04. The Labute approximate surface area is 182 Å². The van der Waals surface area contributed by atoms with E-state index < -0.39 is 0 Å². The SMILES string of the molecule is CC1(C)Cc2c(cnn2Cc2ccccc2)[C@@H](NC(=O)c2ccc3c(c2)OCCO3)C1. The zero-order chi connectivity index (χ0) is 21.4. The number of hydrogen-bond acceptors (Lipinski definition) is 4. The van der Waals surface area contributed by atoms with Gasteiger partial charge in [0.05, 0.1) is 18.8 Å². The van der Waals surface area contributed by atoms with Crippen molar-refractivity contribution in [2.75, 3.05) is 13.2 Å². The van der Waals surface area contributed by atoms with Gasteiger partial charge in [-0.2, -0.15) is 5.10 Å². The first kappa shape index (κ1) is 19.7. The molecule has 31 heavy (non-hydrogen) atoms. The van der Waals surface area contributed by atoms with Crippen molar-refractivity contribution in [2.45, 2.75) is 39.3 Å². The fourth-order valence-electron chi connectivity index (χ4n) is 4.55. The Morgan fingerprint density at radius 3 is 2.71 bits per heavy atom. The number of rotatable bonds is 4. The van der Waals surface area contributed by atoms with E-state index in [9.17, 15) is 4.79 Å². The van der Waals surface area contributed by atoms with E-state index in [-0.39, 0.29) is 17.4 Å². The van der Waals surface area contributed by atoms with Crippen molar-refractivity contribution in [3.8, 4) is 11.5 Å². The monoisotopic (exact) mass is 417 g/mol. The van der Waals surface area contributed by atoms with Gasteiger partial charge in [0.15, 0.2) is 11.5 Å². The first-order chi connectivity index (χ1) is 15.0. The molecule has 2 aliphatic rings. The zero-order valence-corrected chi connectivity index (χ0v) is 17.9. The van der Waals surface area contributed by atoms with Gasteiger partial charge in [-0.05, 0) is 42.0 Å². The zero-order valence-electron chi connectivity index (χ0n) is 17.9. The van der Waals surface area contributed by atoms with Gasteiger partial charge in [0.1, 0.15) is 13.2 Å². The van der Waals surface area contributed by atoms with Gasteiger partial charge in [-0.1, -0.05) is 44.2 Å². The van der Waals surface area contributed by atoms with E-state index in [0.29, 0.717) is 30.3 Å². The van der Waals surface area contributed by atoms with Gasteiger partial charge in [0.2, 0.25) is 0 Å². The summed E-state index contributed by atoms with van der Waals surface area (Å²) in [4.78, 5) is 13.1. The molecular formula is C25H27N3O3. The van der Waals surface area contributed by atoms with Crippen LogP contribution in [0.2, 0.25) is 0 Å². The molecule has 5 rings (SSSR count). The largest absolute Gasteiger partial charge is 0.486 e. The number of nitrogens with zero attached hydrogens (tertiary/aromatic N) is 2. The van der Waals surface area contributed by atoms with Crippen LogP contribution in [0.4, 0.5) is 0 Å². The maximum Gasteiger partial charge on any atom is 0.251 e. The Bertz CT molecular complexity index is 1100. The normalized spacial score (nSPS) is 18.8. The summed E-state index contributed by atoms with van der Waals surface area (Å²) in [6.45, 7) is 6.26. The van der Waals surface area contributed by atoms with Crippen LogP contribution in [0.3, 0.4) is 0 Å². The smallest absolute Gasteiger partial charge is 0.251 e. The van der Waals surface area contributed by atoms with Crippen LogP contribution in [0.1, 0.15) is 53.5 Å². The molecule has 0 saturated carbocycles. The van der Waals surface area contributed by atoms with Crippen LogP contribution >= 0.6 is 0 Å². The Morgan fingerprint density at radius 2 is 1.90 bits per heavy atom. The number of amides is 1. The molecule has 0 spiro atoms. The lowest BCUT2D eigenvalue weighted by molar-refractivity contribution is 0.0917. The summed E-state index contributed by atoms with van der Waals surface area (Å²) in [7, 11) is 0. The maximum absolute atomic E-state index is 13.1. The molecule has 0 fully saturated rings. The predicted molar refractivity (Wildman–Crippen MR) is 118 cm³/mol. The van der Waals surface area contributed by atoms with E-state index in [0.717, 1.165) is 24.9 Å². The Hall–Kier alpha value is -3.28. The molecule has 6 heteroatoms. The van der Waals surface area contributed by atoms with Gasteiger partial charge in [-0.15, -0.1) is 0 Å². The fraction of sp³-hybridized carbons (Fsp3) is 0.360. The lowest BCUT2D eigenvalue weighted by Crippen LogP contribution is -2.37. The minimum atomic E-state index is -0.110. The number of nitrogens with one attached hydrogen (secondary N) is 1. The summed E-state index contributed by atoms with van der Waals surface area (Å²) in [5, 5.41) is 7.92. The molecule has 1 aromatic heterocycles. The Balaban J connectivity index is 1.40. The van der Waals surface area contributed by atoms with Crippen LogP contribution in [-0.4, -0.2) is 28.9 Å². The van der Waals surface area contributed by atoms with Crippen molar-refractivity contribution < 1.29 is 14.3 Å². The molecule has 1 amide bonds. The Kier molecular flexibility index (Phi) is 4.93. The minimum Gasteiger partial charge on any atom is -0.486 e. The quantitative estimate of drug-likeness (QED) is 0.693. The van der Waals surface area contributed by atoms with Gasteiger partial charge in [-0.3, -0.25) is 9.48 Å². The highest BCUT2D eigenvalue weighted by molar-refractivity contribution is 5.95. The molecule has 3 aromatic rings. The van der Waals surface area contributed by atoms with Gasteiger partial charge in [0.25, 0.3) is 5.91 Å². The first-order valence-corrected chi connectivity index (χ1v) is 10.8. The van der Waals surface area contributed by atoms with Gasteiger partial charge >= 0.3 is 0 Å². The topological polar surface area (TPSA) is 65.4 Å². The molecular weight excluding hydrogens is 390 g/mol. The molecule has 0 unspecified atom stereocenters. The van der Waals surface area contributed by atoms with Crippen molar-refractivity contribution in [3.63, 3.8) is 0 Å². The average molecular weight is 418 g/mol. The van der Waals surface area contributed by atoms with Gasteiger partial charge in [-0.25, -0.2) is 0 Å². The molecule has 0 saturated heterocycles. The highest BCUT2D eigenvalue weighted by Crippen LogP contribution is 2.41. The summed E-state index contributed by atoms with van der Waals surface area (Å²) in [6, 6.07) is 15.6. The third kappa shape index (κ3) is 4.02. The molecule has 1 aliphatic heterocycles. The van der Waals surface area contributed by atoms with Gasteiger partial charge < -0.3 is 14.8 Å². The van der Waals surface area contributed by atoms with Crippen LogP contribution in [0.15, 0.2) is 54.7 Å². The van der Waals surface area contributed by atoms with E-state index in [2.05, 4.69) is 41.1 Å². The van der Waals surface area contributed by atoms with Crippen molar-refractivity contribution in [1.29, 1.82) is 0 Å². The number of aromatic nitrogens is 2. The Morgan fingerprint density at radius 1 is 1.13 bits per heavy atom. The van der Waals surface area contributed by atoms with E-state index in [1.54, 1.807) is 18.2 Å². The minimum absolute atomic E-state index is 0.0617. The molecule has 2 heterocycles. The average Bonchev–Trinajstić information content (AvgIpc) is 3.15. The molecule has 160 valence electrons. The van der Waals surface area contributed by atoms with Crippen molar-refractivity contribution in [2.24, 2.45) is 5.41 Å². The molecule has 1 N–H and O–H groups in total.